The van der Waals surface area contributed by atoms with Gasteiger partial charge in [-0.25, -0.2) is 4.39 Å². The predicted molar refractivity (Wildman–Crippen MR) is 100 cm³/mol. The summed E-state index contributed by atoms with van der Waals surface area (Å²) in [6.07, 6.45) is 0.280. The summed E-state index contributed by atoms with van der Waals surface area (Å²) in [5, 5.41) is 20.2. The number of phenolic OH excluding ortho intramolecular Hbond substituents is 1. The molecule has 3 aromatic rings. The first-order valence-electron chi connectivity index (χ1n) is 8.32. The van der Waals surface area contributed by atoms with Crippen LogP contribution in [0.2, 0.25) is 5.02 Å². The average Bonchev–Trinajstić information content (AvgIpc) is 2.88. The Labute approximate surface area is 159 Å². The molecule has 1 aromatic heterocycles. The standard InChI is InChI=1S/C20H17ClFNO4/c1-3-13(20(26)27)18-10(2)23(16-9-15(22)17(24)8-14(16)18)19(25)11-4-6-12(21)7-5-11/h4-9,13,24H,3H2,1-2H3,(H,26,27)/t13-/m0/s1. The lowest BCUT2D eigenvalue weighted by Crippen LogP contribution is -2.16. The maximum Gasteiger partial charge on any atom is 0.311 e. The van der Waals surface area contributed by atoms with Crippen molar-refractivity contribution >= 4 is 34.4 Å². The normalized spacial score (nSPS) is 12.3. The Morgan fingerprint density at radius 2 is 1.85 bits per heavy atom. The summed E-state index contributed by atoms with van der Waals surface area (Å²) >= 11 is 5.87. The van der Waals surface area contributed by atoms with Gasteiger partial charge in [0.15, 0.2) is 11.6 Å². The van der Waals surface area contributed by atoms with Gasteiger partial charge in [0, 0.05) is 27.7 Å². The van der Waals surface area contributed by atoms with E-state index in [1.165, 1.54) is 10.6 Å². The highest BCUT2D eigenvalue weighted by atomic mass is 35.5. The second-order valence-corrected chi connectivity index (χ2v) is 6.70. The van der Waals surface area contributed by atoms with Gasteiger partial charge in [0.1, 0.15) is 0 Å². The highest BCUT2D eigenvalue weighted by Crippen LogP contribution is 2.37. The van der Waals surface area contributed by atoms with Crippen molar-refractivity contribution in [1.29, 1.82) is 0 Å². The first kappa shape index (κ1) is 18.9. The summed E-state index contributed by atoms with van der Waals surface area (Å²) in [5.74, 6) is -3.87. The lowest BCUT2D eigenvalue weighted by Gasteiger charge is -2.12. The predicted octanol–water partition coefficient (Wildman–Crippen LogP) is 4.71. The summed E-state index contributed by atoms with van der Waals surface area (Å²) < 4.78 is 15.3. The molecule has 2 N–H and O–H groups in total. The van der Waals surface area contributed by atoms with Crippen molar-refractivity contribution in [2.24, 2.45) is 0 Å². The molecule has 0 spiro atoms. The largest absolute Gasteiger partial charge is 0.505 e. The Hall–Kier alpha value is -2.86. The second kappa shape index (κ2) is 7.04. The number of nitrogens with zero attached hydrogens (tertiary/aromatic N) is 1. The summed E-state index contributed by atoms with van der Waals surface area (Å²) in [4.78, 5) is 24.8. The fourth-order valence-corrected chi connectivity index (χ4v) is 3.50. The van der Waals surface area contributed by atoms with E-state index in [0.717, 1.165) is 6.07 Å². The van der Waals surface area contributed by atoms with E-state index >= 15 is 0 Å². The number of hydrogen-bond acceptors (Lipinski definition) is 3. The molecule has 3 rings (SSSR count). The van der Waals surface area contributed by atoms with Gasteiger partial charge in [-0.2, -0.15) is 0 Å². The molecule has 0 amide bonds. The summed E-state index contributed by atoms with van der Waals surface area (Å²) in [7, 11) is 0. The van der Waals surface area contributed by atoms with Gasteiger partial charge >= 0.3 is 5.97 Å². The second-order valence-electron chi connectivity index (χ2n) is 6.27. The molecular formula is C20H17ClFNO4. The van der Waals surface area contributed by atoms with Crippen molar-refractivity contribution in [2.75, 3.05) is 0 Å². The number of fused-ring (bicyclic) bond motifs is 1. The third-order valence-electron chi connectivity index (χ3n) is 4.67. The highest BCUT2D eigenvalue weighted by Gasteiger charge is 2.29. The average molecular weight is 390 g/mol. The quantitative estimate of drug-likeness (QED) is 0.677. The molecule has 0 radical (unpaired) electrons. The third-order valence-corrected chi connectivity index (χ3v) is 4.92. The zero-order chi connectivity index (χ0) is 19.9. The van der Waals surface area contributed by atoms with E-state index in [1.807, 2.05) is 0 Å². The highest BCUT2D eigenvalue weighted by molar-refractivity contribution is 6.30. The lowest BCUT2D eigenvalue weighted by atomic mass is 9.94. The molecule has 7 heteroatoms. The van der Waals surface area contributed by atoms with Crippen molar-refractivity contribution in [3.63, 3.8) is 0 Å². The number of carbonyl (C=O) groups excluding carboxylic acids is 1. The summed E-state index contributed by atoms with van der Waals surface area (Å²) in [6.45, 7) is 3.33. The topological polar surface area (TPSA) is 79.5 Å². The molecule has 0 saturated heterocycles. The van der Waals surface area contributed by atoms with Crippen LogP contribution < -0.4 is 0 Å². The number of halogens is 2. The number of aliphatic carboxylic acids is 1. The van der Waals surface area contributed by atoms with Crippen LogP contribution in [-0.2, 0) is 4.79 Å². The zero-order valence-corrected chi connectivity index (χ0v) is 15.4. The van der Waals surface area contributed by atoms with Gasteiger partial charge in [0.2, 0.25) is 0 Å². The smallest absolute Gasteiger partial charge is 0.311 e. The number of carboxylic acids is 1. The van der Waals surface area contributed by atoms with Gasteiger partial charge in [-0.05, 0) is 49.2 Å². The number of phenols is 1. The molecule has 1 heterocycles. The van der Waals surface area contributed by atoms with Crippen LogP contribution in [0.15, 0.2) is 36.4 Å². The fraction of sp³-hybridized carbons (Fsp3) is 0.200. The van der Waals surface area contributed by atoms with Gasteiger partial charge in [-0.15, -0.1) is 0 Å². The van der Waals surface area contributed by atoms with Gasteiger partial charge in [-0.3, -0.25) is 14.2 Å². The van der Waals surface area contributed by atoms with Crippen LogP contribution in [0.4, 0.5) is 4.39 Å². The van der Waals surface area contributed by atoms with Crippen molar-refractivity contribution < 1.29 is 24.2 Å². The third kappa shape index (κ3) is 3.17. The minimum Gasteiger partial charge on any atom is -0.505 e. The number of aromatic nitrogens is 1. The van der Waals surface area contributed by atoms with E-state index in [4.69, 9.17) is 11.6 Å². The molecule has 0 fully saturated rings. The molecule has 0 unspecified atom stereocenters. The van der Waals surface area contributed by atoms with Crippen LogP contribution in [0.3, 0.4) is 0 Å². The van der Waals surface area contributed by atoms with E-state index in [9.17, 15) is 24.2 Å². The molecule has 0 bridgehead atoms. The van der Waals surface area contributed by atoms with Crippen molar-refractivity contribution in [2.45, 2.75) is 26.2 Å². The van der Waals surface area contributed by atoms with E-state index in [1.54, 1.807) is 38.1 Å². The Kier molecular flexibility index (Phi) is 4.93. The van der Waals surface area contributed by atoms with Gasteiger partial charge in [0.25, 0.3) is 5.91 Å². The molecule has 1 atom stereocenters. The van der Waals surface area contributed by atoms with E-state index in [-0.39, 0.29) is 11.9 Å². The maximum absolute atomic E-state index is 14.0. The molecular weight excluding hydrogens is 373 g/mol. The van der Waals surface area contributed by atoms with Crippen LogP contribution in [0.1, 0.15) is 40.9 Å². The van der Waals surface area contributed by atoms with Crippen molar-refractivity contribution in [3.05, 3.63) is 64.1 Å². The van der Waals surface area contributed by atoms with Crippen LogP contribution in [0, 0.1) is 12.7 Å². The molecule has 27 heavy (non-hydrogen) atoms. The first-order chi connectivity index (χ1) is 12.8. The number of carboxylic acid groups (broad SMARTS) is 1. The monoisotopic (exact) mass is 389 g/mol. The first-order valence-corrected chi connectivity index (χ1v) is 8.70. The molecule has 0 aliphatic rings. The Morgan fingerprint density at radius 3 is 2.41 bits per heavy atom. The molecule has 140 valence electrons. The maximum atomic E-state index is 14.0. The van der Waals surface area contributed by atoms with Gasteiger partial charge in [0.05, 0.1) is 11.4 Å². The zero-order valence-electron chi connectivity index (χ0n) is 14.7. The molecule has 2 aromatic carbocycles. The molecule has 0 aliphatic heterocycles. The summed E-state index contributed by atoms with van der Waals surface area (Å²) in [6, 6.07) is 8.43. The number of aromatic hydroxyl groups is 1. The van der Waals surface area contributed by atoms with Gasteiger partial charge in [-0.1, -0.05) is 18.5 Å². The molecule has 0 aliphatic carbocycles. The number of rotatable bonds is 4. The number of carbonyl (C=O) groups is 2. The SMILES string of the molecule is CC[C@H](C(=O)O)c1c(C)n(C(=O)c2ccc(Cl)cc2)c2cc(F)c(O)cc12. The lowest BCUT2D eigenvalue weighted by molar-refractivity contribution is -0.138. The van der Waals surface area contributed by atoms with Crippen LogP contribution in [-0.4, -0.2) is 26.7 Å². The summed E-state index contributed by atoms with van der Waals surface area (Å²) in [5.41, 5.74) is 1.31. The molecule has 0 saturated carbocycles. The minimum absolute atomic E-state index is 0.206. The molecule has 5 nitrogen and oxygen atoms in total. The Balaban J connectivity index is 2.34. The van der Waals surface area contributed by atoms with E-state index in [2.05, 4.69) is 0 Å². The minimum atomic E-state index is -1.05. The van der Waals surface area contributed by atoms with E-state index in [0.29, 0.717) is 27.2 Å². The van der Waals surface area contributed by atoms with Crippen LogP contribution in [0.25, 0.3) is 10.9 Å². The Morgan fingerprint density at radius 1 is 1.22 bits per heavy atom. The van der Waals surface area contributed by atoms with Crippen LogP contribution in [0.5, 0.6) is 5.75 Å². The number of hydrogen-bond donors (Lipinski definition) is 2. The van der Waals surface area contributed by atoms with Crippen LogP contribution >= 0.6 is 11.6 Å². The fourth-order valence-electron chi connectivity index (χ4n) is 3.37. The number of benzene rings is 2. The van der Waals surface area contributed by atoms with E-state index < -0.39 is 29.4 Å². The Bertz CT molecular complexity index is 1060. The van der Waals surface area contributed by atoms with Crippen molar-refractivity contribution in [3.8, 4) is 5.75 Å². The van der Waals surface area contributed by atoms with Crippen molar-refractivity contribution in [1.82, 2.24) is 4.57 Å². The van der Waals surface area contributed by atoms with Gasteiger partial charge < -0.3 is 10.2 Å².